The predicted octanol–water partition coefficient (Wildman–Crippen LogP) is -0.0780. The van der Waals surface area contributed by atoms with Gasteiger partial charge in [-0.05, 0) is 25.6 Å². The van der Waals surface area contributed by atoms with E-state index in [1.165, 1.54) is 10.9 Å². The van der Waals surface area contributed by atoms with Crippen LogP contribution >= 0.6 is 0 Å². The molecule has 0 saturated heterocycles. The first-order chi connectivity index (χ1) is 7.27. The smallest absolute Gasteiger partial charge is 0.324 e. The van der Waals surface area contributed by atoms with Crippen molar-refractivity contribution in [1.29, 1.82) is 0 Å². The lowest BCUT2D eigenvalue weighted by Crippen LogP contribution is -2.30. The minimum atomic E-state index is -0.702. The molecule has 0 aromatic carbocycles. The third-order valence-electron chi connectivity index (χ3n) is 1.92. The first-order valence-electron chi connectivity index (χ1n) is 4.12. The van der Waals surface area contributed by atoms with Crippen LogP contribution in [0.5, 0.6) is 0 Å². The summed E-state index contributed by atoms with van der Waals surface area (Å²) in [6.07, 6.45) is 0.812. The van der Waals surface area contributed by atoms with Gasteiger partial charge in [-0.15, -0.1) is 14.5 Å². The molecule has 7 heteroatoms. The molecular weight excluding hydrogens is 196 g/mol. The molecule has 0 fully saturated rings. The quantitative estimate of drug-likeness (QED) is 0.398. The van der Waals surface area contributed by atoms with E-state index in [2.05, 4.69) is 33.6 Å². The zero-order valence-electron chi connectivity index (χ0n) is 7.82. The van der Waals surface area contributed by atoms with Crippen LogP contribution < -0.4 is 4.85 Å². The lowest BCUT2D eigenvalue weighted by molar-refractivity contribution is -0.648. The van der Waals surface area contributed by atoms with Crippen molar-refractivity contribution in [2.45, 2.75) is 6.29 Å². The second-order valence-electron chi connectivity index (χ2n) is 2.76. The van der Waals surface area contributed by atoms with E-state index < -0.39 is 6.29 Å². The van der Waals surface area contributed by atoms with Gasteiger partial charge in [0.2, 0.25) is 5.52 Å². The molecule has 0 unspecified atom stereocenters. The molecule has 0 saturated carbocycles. The highest BCUT2D eigenvalue weighted by Crippen LogP contribution is 2.13. The van der Waals surface area contributed by atoms with Crippen molar-refractivity contribution in [2.24, 2.45) is 9.98 Å². The molecule has 0 aliphatic rings. The monoisotopic (exact) mass is 204 g/mol. The molecule has 2 heterocycles. The van der Waals surface area contributed by atoms with Crippen molar-refractivity contribution in [3.63, 3.8) is 0 Å². The molecule has 7 nitrogen and oxygen atoms in total. The van der Waals surface area contributed by atoms with Gasteiger partial charge >= 0.3 is 5.65 Å². The number of pyridine rings is 1. The van der Waals surface area contributed by atoms with Crippen molar-refractivity contribution in [1.82, 2.24) is 14.9 Å². The van der Waals surface area contributed by atoms with E-state index in [0.29, 0.717) is 10.4 Å². The van der Waals surface area contributed by atoms with Gasteiger partial charge in [0.1, 0.15) is 6.20 Å². The van der Waals surface area contributed by atoms with Crippen molar-refractivity contribution in [3.8, 4) is 0 Å². The van der Waals surface area contributed by atoms with Crippen LogP contribution in [0.1, 0.15) is 6.29 Å². The van der Waals surface area contributed by atoms with Crippen LogP contribution in [-0.4, -0.2) is 28.3 Å². The minimum Gasteiger partial charge on any atom is -0.721 e. The van der Waals surface area contributed by atoms with Gasteiger partial charge < -0.3 is 5.21 Å². The molecule has 0 bridgehead atoms. The summed E-state index contributed by atoms with van der Waals surface area (Å²) in [7, 11) is 0. The SMILES string of the molecule is C=NC(N=C)n1n[n+]([O-])c2ncccc21. The van der Waals surface area contributed by atoms with E-state index in [0.717, 1.165) is 0 Å². The topological polar surface area (TPSA) is 82.4 Å². The van der Waals surface area contributed by atoms with Gasteiger partial charge in [0.05, 0.1) is 0 Å². The molecule has 0 radical (unpaired) electrons. The summed E-state index contributed by atoms with van der Waals surface area (Å²) < 4.78 is 1.31. The van der Waals surface area contributed by atoms with Gasteiger partial charge in [-0.2, -0.15) is 0 Å². The van der Waals surface area contributed by atoms with Gasteiger partial charge in [0.25, 0.3) is 6.29 Å². The summed E-state index contributed by atoms with van der Waals surface area (Å²) in [5.74, 6) is 0. The number of aromatic nitrogens is 4. The van der Waals surface area contributed by atoms with Crippen LogP contribution in [-0.2, 0) is 0 Å². The Labute approximate surface area is 85.0 Å². The first-order valence-corrected chi connectivity index (χ1v) is 4.12. The fraction of sp³-hybridized carbons (Fsp3) is 0.125. The van der Waals surface area contributed by atoms with E-state index >= 15 is 0 Å². The summed E-state index contributed by atoms with van der Waals surface area (Å²) in [6.45, 7) is 6.70. The molecule has 15 heavy (non-hydrogen) atoms. The number of fused-ring (bicyclic) bond motifs is 1. The van der Waals surface area contributed by atoms with Gasteiger partial charge in [-0.1, -0.05) is 0 Å². The number of hydrogen-bond acceptors (Lipinski definition) is 5. The lowest BCUT2D eigenvalue weighted by atomic mass is 10.4. The molecule has 2 aromatic rings. The zero-order chi connectivity index (χ0) is 10.8. The maximum absolute atomic E-state index is 11.3. The number of nitrogens with zero attached hydrogens (tertiary/aromatic N) is 6. The fourth-order valence-corrected chi connectivity index (χ4v) is 1.28. The maximum Gasteiger partial charge on any atom is 0.324 e. The Morgan fingerprint density at radius 1 is 1.47 bits per heavy atom. The second kappa shape index (κ2) is 3.45. The molecule has 0 aliphatic heterocycles. The van der Waals surface area contributed by atoms with Gasteiger partial charge in [0, 0.05) is 5.21 Å². The second-order valence-corrected chi connectivity index (χ2v) is 2.76. The number of hydrogen-bond donors (Lipinski definition) is 0. The van der Waals surface area contributed by atoms with E-state index in [9.17, 15) is 5.21 Å². The van der Waals surface area contributed by atoms with Crippen LogP contribution in [0.15, 0.2) is 28.3 Å². The average molecular weight is 204 g/mol. The van der Waals surface area contributed by atoms with Crippen molar-refractivity contribution >= 4 is 24.6 Å². The summed E-state index contributed by atoms with van der Waals surface area (Å²) in [5.41, 5.74) is 0.757. The summed E-state index contributed by atoms with van der Waals surface area (Å²) in [6, 6.07) is 3.40. The first kappa shape index (κ1) is 9.25. The van der Waals surface area contributed by atoms with Gasteiger partial charge in [-0.25, -0.2) is 9.98 Å². The maximum atomic E-state index is 11.3. The third kappa shape index (κ3) is 1.33. The van der Waals surface area contributed by atoms with Crippen LogP contribution in [0.2, 0.25) is 0 Å². The molecule has 0 amide bonds. The standard InChI is InChI=1S/C8H8N6O/c1-9-8(10-2)13-6-4-3-5-11-7(6)14(15)12-13/h3-5,8H,1-2H2. The highest BCUT2D eigenvalue weighted by Gasteiger charge is 2.19. The zero-order valence-corrected chi connectivity index (χ0v) is 7.82. The minimum absolute atomic E-state index is 0.217. The number of rotatable bonds is 3. The Balaban J connectivity index is 2.71. The molecular formula is C8H8N6O. The Hall–Kier alpha value is -2.31. The molecule has 0 N–H and O–H groups in total. The Kier molecular flexibility index (Phi) is 2.13. The van der Waals surface area contributed by atoms with Gasteiger partial charge in [-0.3, -0.25) is 0 Å². The van der Waals surface area contributed by atoms with E-state index in [1.807, 2.05) is 0 Å². The van der Waals surface area contributed by atoms with Crippen molar-refractivity contribution in [3.05, 3.63) is 23.5 Å². The highest BCUT2D eigenvalue weighted by atomic mass is 16.5. The van der Waals surface area contributed by atoms with Crippen LogP contribution in [0, 0.1) is 5.21 Å². The molecule has 2 aromatic heterocycles. The normalized spacial score (nSPS) is 10.7. The lowest BCUT2D eigenvalue weighted by Gasteiger charge is -2.00. The largest absolute Gasteiger partial charge is 0.721 e. The molecule has 0 atom stereocenters. The van der Waals surface area contributed by atoms with Crippen LogP contribution in [0.4, 0.5) is 0 Å². The van der Waals surface area contributed by atoms with E-state index in [-0.39, 0.29) is 5.65 Å². The Bertz CT molecular complexity index is 511. The average Bonchev–Trinajstić information content (AvgIpc) is 2.60. The Morgan fingerprint density at radius 2 is 2.20 bits per heavy atom. The summed E-state index contributed by atoms with van der Waals surface area (Å²) in [4.78, 5) is 11.7. The van der Waals surface area contributed by atoms with E-state index in [1.54, 1.807) is 12.1 Å². The van der Waals surface area contributed by atoms with Gasteiger partial charge in [0.15, 0.2) is 0 Å². The van der Waals surface area contributed by atoms with Crippen molar-refractivity contribution in [2.75, 3.05) is 0 Å². The fourth-order valence-electron chi connectivity index (χ4n) is 1.28. The highest BCUT2D eigenvalue weighted by molar-refractivity contribution is 5.66. The predicted molar refractivity (Wildman–Crippen MR) is 54.6 cm³/mol. The van der Waals surface area contributed by atoms with Crippen molar-refractivity contribution < 1.29 is 4.85 Å². The summed E-state index contributed by atoms with van der Waals surface area (Å²) in [5, 5.41) is 15.0. The number of aliphatic imine (C=N–C) groups is 2. The van der Waals surface area contributed by atoms with Crippen LogP contribution in [0.3, 0.4) is 0 Å². The molecule has 0 aliphatic carbocycles. The van der Waals surface area contributed by atoms with Crippen LogP contribution in [0.25, 0.3) is 11.2 Å². The molecule has 0 spiro atoms. The molecule has 2 rings (SSSR count). The Morgan fingerprint density at radius 3 is 2.87 bits per heavy atom. The molecule has 76 valence electrons. The third-order valence-corrected chi connectivity index (χ3v) is 1.92. The van der Waals surface area contributed by atoms with E-state index in [4.69, 9.17) is 0 Å². The summed E-state index contributed by atoms with van der Waals surface area (Å²) >= 11 is 0.